The summed E-state index contributed by atoms with van der Waals surface area (Å²) in [5, 5.41) is 15.4. The SMILES string of the molecule is Cl.N[C@@H](CCCCOC(=O)c1ccccc1)C(=O)NC1(C(=O)N[C@@H](Cc2ccccc2)C(=O)N2CCC[C@@H]2C(=O)O)CCCC1. The molecule has 11 nitrogen and oxygen atoms in total. The number of nitrogens with one attached hydrogen (secondary N) is 2. The van der Waals surface area contributed by atoms with E-state index in [4.69, 9.17) is 10.5 Å². The Kier molecular flexibility index (Phi) is 13.4. The number of carbonyl (C=O) groups is 5. The Morgan fingerprint density at radius 1 is 0.956 bits per heavy atom. The first kappa shape index (κ1) is 35.5. The molecule has 5 N–H and O–H groups in total. The van der Waals surface area contributed by atoms with E-state index in [0.717, 1.165) is 18.4 Å². The number of aliphatic carboxylic acids is 1. The van der Waals surface area contributed by atoms with Gasteiger partial charge >= 0.3 is 11.9 Å². The first-order valence-corrected chi connectivity index (χ1v) is 15.4. The summed E-state index contributed by atoms with van der Waals surface area (Å²) in [6.07, 6.45) is 4.79. The van der Waals surface area contributed by atoms with Gasteiger partial charge in [0.2, 0.25) is 17.7 Å². The number of carbonyl (C=O) groups excluding carboxylic acids is 4. The van der Waals surface area contributed by atoms with Crippen LogP contribution in [0.25, 0.3) is 0 Å². The monoisotopic (exact) mass is 642 g/mol. The summed E-state index contributed by atoms with van der Waals surface area (Å²) in [6.45, 7) is 0.504. The van der Waals surface area contributed by atoms with Gasteiger partial charge in [0.1, 0.15) is 17.6 Å². The minimum atomic E-state index is -1.22. The van der Waals surface area contributed by atoms with E-state index in [1.165, 1.54) is 4.90 Å². The van der Waals surface area contributed by atoms with Crippen molar-refractivity contribution in [3.63, 3.8) is 0 Å². The highest BCUT2D eigenvalue weighted by atomic mass is 35.5. The molecule has 0 unspecified atom stereocenters. The number of unbranched alkanes of at least 4 members (excludes halogenated alkanes) is 1. The van der Waals surface area contributed by atoms with Crippen molar-refractivity contribution in [2.24, 2.45) is 5.73 Å². The maximum atomic E-state index is 13.8. The zero-order valence-corrected chi connectivity index (χ0v) is 26.1. The van der Waals surface area contributed by atoms with Crippen LogP contribution in [0.4, 0.5) is 0 Å². The van der Waals surface area contributed by atoms with Crippen molar-refractivity contribution < 1.29 is 33.8 Å². The predicted molar refractivity (Wildman–Crippen MR) is 170 cm³/mol. The number of esters is 1. The van der Waals surface area contributed by atoms with Gasteiger partial charge in [0, 0.05) is 13.0 Å². The van der Waals surface area contributed by atoms with Gasteiger partial charge in [-0.05, 0) is 62.6 Å². The predicted octanol–water partition coefficient (Wildman–Crippen LogP) is 2.99. The molecule has 1 heterocycles. The lowest BCUT2D eigenvalue weighted by Crippen LogP contribution is -2.63. The Morgan fingerprint density at radius 3 is 2.24 bits per heavy atom. The molecule has 0 aromatic heterocycles. The average molecular weight is 643 g/mol. The number of hydrogen-bond donors (Lipinski definition) is 4. The van der Waals surface area contributed by atoms with Crippen LogP contribution in [0.5, 0.6) is 0 Å². The summed E-state index contributed by atoms with van der Waals surface area (Å²) in [5.74, 6) is -2.85. The van der Waals surface area contributed by atoms with Crippen LogP contribution in [0.3, 0.4) is 0 Å². The minimum absolute atomic E-state index is 0. The van der Waals surface area contributed by atoms with Crippen molar-refractivity contribution in [3.8, 4) is 0 Å². The van der Waals surface area contributed by atoms with Crippen molar-refractivity contribution in [1.82, 2.24) is 15.5 Å². The topological polar surface area (TPSA) is 168 Å². The molecule has 0 bridgehead atoms. The lowest BCUT2D eigenvalue weighted by Gasteiger charge is -2.33. The summed E-state index contributed by atoms with van der Waals surface area (Å²) >= 11 is 0. The van der Waals surface area contributed by atoms with Crippen LogP contribution in [0.2, 0.25) is 0 Å². The molecule has 45 heavy (non-hydrogen) atoms. The van der Waals surface area contributed by atoms with Gasteiger partial charge in [-0.25, -0.2) is 9.59 Å². The van der Waals surface area contributed by atoms with Crippen LogP contribution in [0.1, 0.15) is 73.7 Å². The number of likely N-dealkylation sites (tertiary alicyclic amines) is 1. The van der Waals surface area contributed by atoms with Gasteiger partial charge in [-0.3, -0.25) is 14.4 Å². The fraction of sp³-hybridized carbons (Fsp3) is 0.485. The smallest absolute Gasteiger partial charge is 0.338 e. The van der Waals surface area contributed by atoms with Gasteiger partial charge in [-0.1, -0.05) is 61.4 Å². The molecule has 1 aliphatic carbocycles. The van der Waals surface area contributed by atoms with E-state index >= 15 is 0 Å². The second kappa shape index (κ2) is 16.9. The first-order chi connectivity index (χ1) is 21.2. The quantitative estimate of drug-likeness (QED) is 0.180. The molecule has 3 atom stereocenters. The van der Waals surface area contributed by atoms with Gasteiger partial charge in [0.15, 0.2) is 0 Å². The highest BCUT2D eigenvalue weighted by Gasteiger charge is 2.45. The maximum Gasteiger partial charge on any atom is 0.338 e. The summed E-state index contributed by atoms with van der Waals surface area (Å²) < 4.78 is 5.28. The number of amides is 3. The molecule has 2 fully saturated rings. The molecule has 2 aromatic carbocycles. The van der Waals surface area contributed by atoms with Gasteiger partial charge in [-0.15, -0.1) is 12.4 Å². The number of halogens is 1. The van der Waals surface area contributed by atoms with E-state index in [2.05, 4.69) is 10.6 Å². The molecule has 4 rings (SSSR count). The molecule has 3 amide bonds. The lowest BCUT2D eigenvalue weighted by atomic mass is 9.93. The standard InChI is InChI=1S/C33H42N4O7.ClH/c34-25(16-7-10-21-44-31(42)24-14-5-2-6-15-24)28(38)36-33(18-8-9-19-33)32(43)35-26(22-23-12-3-1-4-13-23)29(39)37-20-11-17-27(37)30(40)41;/h1-6,12-15,25-27H,7-11,16-22,34H2,(H,35,43)(H,36,38)(H,40,41);1H/t25-,26-,27+;/m0./s1. The molecule has 1 aliphatic heterocycles. The molecule has 2 aliphatic rings. The Balaban J connectivity index is 0.00000552. The summed E-state index contributed by atoms with van der Waals surface area (Å²) in [5.41, 5.74) is 6.27. The summed E-state index contributed by atoms with van der Waals surface area (Å²) in [4.78, 5) is 65.9. The molecule has 1 saturated heterocycles. The number of carboxylic acid groups (broad SMARTS) is 1. The van der Waals surface area contributed by atoms with E-state index in [-0.39, 0.29) is 25.4 Å². The summed E-state index contributed by atoms with van der Waals surface area (Å²) in [7, 11) is 0. The third-order valence-electron chi connectivity index (χ3n) is 8.45. The van der Waals surface area contributed by atoms with E-state index in [0.29, 0.717) is 57.1 Å². The Morgan fingerprint density at radius 2 is 1.60 bits per heavy atom. The van der Waals surface area contributed by atoms with E-state index < -0.39 is 53.3 Å². The lowest BCUT2D eigenvalue weighted by molar-refractivity contribution is -0.149. The normalized spacial score (nSPS) is 18.2. The van der Waals surface area contributed by atoms with Crippen molar-refractivity contribution >= 4 is 42.1 Å². The van der Waals surface area contributed by atoms with Crippen LogP contribution in [0, 0.1) is 0 Å². The van der Waals surface area contributed by atoms with Crippen LogP contribution in [-0.2, 0) is 30.3 Å². The fourth-order valence-corrected chi connectivity index (χ4v) is 5.97. The van der Waals surface area contributed by atoms with Gasteiger partial charge < -0.3 is 31.1 Å². The van der Waals surface area contributed by atoms with E-state index in [1.807, 2.05) is 36.4 Å². The van der Waals surface area contributed by atoms with Crippen molar-refractivity contribution in [3.05, 3.63) is 71.8 Å². The van der Waals surface area contributed by atoms with Crippen molar-refractivity contribution in [1.29, 1.82) is 0 Å². The highest BCUT2D eigenvalue weighted by Crippen LogP contribution is 2.31. The van der Waals surface area contributed by atoms with Crippen LogP contribution in [-0.4, -0.2) is 76.5 Å². The molecule has 2 aromatic rings. The second-order valence-corrected chi connectivity index (χ2v) is 11.6. The number of nitrogens with two attached hydrogens (primary N) is 1. The number of hydrogen-bond acceptors (Lipinski definition) is 7. The zero-order chi connectivity index (χ0) is 31.5. The van der Waals surface area contributed by atoms with Gasteiger partial charge in [0.25, 0.3) is 0 Å². The highest BCUT2D eigenvalue weighted by molar-refractivity contribution is 5.97. The van der Waals surface area contributed by atoms with Crippen LogP contribution >= 0.6 is 12.4 Å². The Hall–Kier alpha value is -3.96. The van der Waals surface area contributed by atoms with Crippen molar-refractivity contribution in [2.45, 2.75) is 87.9 Å². The number of nitrogens with zero attached hydrogens (tertiary/aromatic N) is 1. The zero-order valence-electron chi connectivity index (χ0n) is 25.3. The molecule has 1 saturated carbocycles. The average Bonchev–Trinajstić information content (AvgIpc) is 3.72. The third-order valence-corrected chi connectivity index (χ3v) is 8.45. The third kappa shape index (κ3) is 9.51. The molecule has 0 radical (unpaired) electrons. The van der Waals surface area contributed by atoms with Crippen LogP contribution < -0.4 is 16.4 Å². The molecular weight excluding hydrogens is 600 g/mol. The number of carboxylic acids is 1. The van der Waals surface area contributed by atoms with E-state index in [1.54, 1.807) is 24.3 Å². The molecular formula is C33H43ClN4O7. The molecule has 0 spiro atoms. The van der Waals surface area contributed by atoms with Crippen LogP contribution in [0.15, 0.2) is 60.7 Å². The first-order valence-electron chi connectivity index (χ1n) is 15.4. The van der Waals surface area contributed by atoms with Gasteiger partial charge in [-0.2, -0.15) is 0 Å². The maximum absolute atomic E-state index is 13.8. The number of benzene rings is 2. The van der Waals surface area contributed by atoms with Gasteiger partial charge in [0.05, 0.1) is 18.2 Å². The Bertz CT molecular complexity index is 1300. The second-order valence-electron chi connectivity index (χ2n) is 11.6. The number of rotatable bonds is 14. The van der Waals surface area contributed by atoms with Crippen molar-refractivity contribution in [2.75, 3.05) is 13.2 Å². The minimum Gasteiger partial charge on any atom is -0.480 e. The molecule has 12 heteroatoms. The van der Waals surface area contributed by atoms with E-state index in [9.17, 15) is 29.1 Å². The molecule has 244 valence electrons. The number of ether oxygens (including phenoxy) is 1. The largest absolute Gasteiger partial charge is 0.480 e. The Labute approximate surface area is 269 Å². The fourth-order valence-electron chi connectivity index (χ4n) is 5.97. The summed E-state index contributed by atoms with van der Waals surface area (Å²) in [6, 6.07) is 15.1.